The largest absolute Gasteiger partial charge is 0.357 e. The maximum absolute atomic E-state index is 4.64. The topological polar surface area (TPSA) is 52.6 Å². The van der Waals surface area contributed by atoms with Crippen molar-refractivity contribution in [2.75, 3.05) is 31.6 Å². The fourth-order valence-electron chi connectivity index (χ4n) is 2.66. The van der Waals surface area contributed by atoms with Crippen LogP contribution >= 0.6 is 0 Å². The molecule has 0 atom stereocenters. The first-order chi connectivity index (χ1) is 10.8. The lowest BCUT2D eigenvalue weighted by Crippen LogP contribution is -2.37. The van der Waals surface area contributed by atoms with Gasteiger partial charge in [-0.25, -0.2) is 4.98 Å². The van der Waals surface area contributed by atoms with E-state index in [0.29, 0.717) is 0 Å². The highest BCUT2D eigenvalue weighted by Gasteiger charge is 2.10. The Morgan fingerprint density at radius 1 is 1.18 bits per heavy atom. The van der Waals surface area contributed by atoms with Crippen molar-refractivity contribution in [3.05, 3.63) is 23.9 Å². The molecule has 0 spiro atoms. The molecule has 1 aromatic rings. The molecule has 0 saturated carbocycles. The average molecular weight is 303 g/mol. The van der Waals surface area contributed by atoms with Gasteiger partial charge in [-0.15, -0.1) is 0 Å². The van der Waals surface area contributed by atoms with Crippen molar-refractivity contribution in [1.29, 1.82) is 0 Å². The van der Waals surface area contributed by atoms with Crippen LogP contribution in [0.3, 0.4) is 0 Å². The smallest absolute Gasteiger partial charge is 0.191 e. The van der Waals surface area contributed by atoms with Crippen molar-refractivity contribution in [2.45, 2.75) is 45.6 Å². The van der Waals surface area contributed by atoms with Gasteiger partial charge in [-0.3, -0.25) is 4.99 Å². The minimum Gasteiger partial charge on any atom is -0.357 e. The van der Waals surface area contributed by atoms with Crippen LogP contribution in [0.2, 0.25) is 0 Å². The number of anilines is 1. The number of aromatic nitrogens is 1. The van der Waals surface area contributed by atoms with E-state index in [1.807, 2.05) is 6.20 Å². The molecule has 22 heavy (non-hydrogen) atoms. The van der Waals surface area contributed by atoms with E-state index in [1.54, 1.807) is 7.05 Å². The summed E-state index contributed by atoms with van der Waals surface area (Å²) in [6.07, 6.45) is 8.33. The van der Waals surface area contributed by atoms with Gasteiger partial charge in [-0.05, 0) is 30.9 Å². The van der Waals surface area contributed by atoms with E-state index in [-0.39, 0.29) is 0 Å². The van der Waals surface area contributed by atoms with Crippen LogP contribution in [-0.2, 0) is 6.54 Å². The fourth-order valence-corrected chi connectivity index (χ4v) is 2.66. The molecule has 1 fully saturated rings. The van der Waals surface area contributed by atoms with Crippen LogP contribution in [0.4, 0.5) is 5.82 Å². The van der Waals surface area contributed by atoms with E-state index in [1.165, 1.54) is 31.2 Å². The number of pyridine rings is 1. The van der Waals surface area contributed by atoms with Gasteiger partial charge in [0.1, 0.15) is 5.82 Å². The van der Waals surface area contributed by atoms with Gasteiger partial charge < -0.3 is 15.5 Å². The van der Waals surface area contributed by atoms with Gasteiger partial charge in [-0.1, -0.05) is 25.8 Å². The van der Waals surface area contributed by atoms with Crippen LogP contribution in [-0.4, -0.2) is 37.6 Å². The van der Waals surface area contributed by atoms with Crippen LogP contribution < -0.4 is 15.5 Å². The summed E-state index contributed by atoms with van der Waals surface area (Å²) in [5.41, 5.74) is 1.18. The number of nitrogens with one attached hydrogen (secondary N) is 2. The normalized spacial score (nSPS) is 16.3. The minimum atomic E-state index is 0.747. The number of nitrogens with zero attached hydrogens (tertiary/aromatic N) is 3. The van der Waals surface area contributed by atoms with Gasteiger partial charge in [0.2, 0.25) is 0 Å². The summed E-state index contributed by atoms with van der Waals surface area (Å²) in [5.74, 6) is 1.96. The van der Waals surface area contributed by atoms with Crippen LogP contribution in [0.15, 0.2) is 23.3 Å². The Morgan fingerprint density at radius 3 is 2.55 bits per heavy atom. The predicted octanol–water partition coefficient (Wildman–Crippen LogP) is 2.54. The Balaban J connectivity index is 1.85. The molecule has 0 aromatic carbocycles. The Kier molecular flexibility index (Phi) is 7.00. The Morgan fingerprint density at radius 2 is 1.95 bits per heavy atom. The Labute approximate surface area is 134 Å². The van der Waals surface area contributed by atoms with E-state index in [4.69, 9.17) is 0 Å². The molecule has 1 aliphatic rings. The molecule has 5 nitrogen and oxygen atoms in total. The summed E-state index contributed by atoms with van der Waals surface area (Å²) in [4.78, 5) is 11.3. The van der Waals surface area contributed by atoms with Crippen LogP contribution in [0.25, 0.3) is 0 Å². The molecule has 0 bridgehead atoms. The predicted molar refractivity (Wildman–Crippen MR) is 93.4 cm³/mol. The second-order valence-electron chi connectivity index (χ2n) is 5.78. The highest BCUT2D eigenvalue weighted by Crippen LogP contribution is 2.17. The van der Waals surface area contributed by atoms with Crippen molar-refractivity contribution in [2.24, 2.45) is 4.99 Å². The molecule has 122 valence electrons. The number of hydrogen-bond acceptors (Lipinski definition) is 3. The second-order valence-corrected chi connectivity index (χ2v) is 5.78. The summed E-state index contributed by atoms with van der Waals surface area (Å²) in [6, 6.07) is 4.30. The van der Waals surface area contributed by atoms with Gasteiger partial charge in [0, 0.05) is 39.4 Å². The van der Waals surface area contributed by atoms with E-state index in [0.717, 1.165) is 44.4 Å². The summed E-state index contributed by atoms with van der Waals surface area (Å²) >= 11 is 0. The third-order valence-corrected chi connectivity index (χ3v) is 3.97. The molecule has 0 unspecified atom stereocenters. The van der Waals surface area contributed by atoms with Crippen molar-refractivity contribution in [1.82, 2.24) is 15.6 Å². The zero-order valence-electron chi connectivity index (χ0n) is 13.9. The molecule has 0 radical (unpaired) electrons. The zero-order chi connectivity index (χ0) is 15.6. The quantitative estimate of drug-likeness (QED) is 0.648. The number of hydrogen-bond donors (Lipinski definition) is 2. The minimum absolute atomic E-state index is 0.747. The number of aliphatic imine (C=N–C) groups is 1. The summed E-state index contributed by atoms with van der Waals surface area (Å²) < 4.78 is 0. The SMILES string of the molecule is CCCNC(=NC)NCc1ccc(N2CCCCCC2)nc1. The zero-order valence-corrected chi connectivity index (χ0v) is 13.9. The lowest BCUT2D eigenvalue weighted by molar-refractivity contribution is 0.726. The van der Waals surface area contributed by atoms with E-state index in [9.17, 15) is 0 Å². The van der Waals surface area contributed by atoms with E-state index >= 15 is 0 Å². The first-order valence-electron chi connectivity index (χ1n) is 8.48. The third kappa shape index (κ3) is 5.20. The standard InChI is InChI=1S/C17H29N5/c1-3-10-19-17(18-2)21-14-15-8-9-16(20-13-15)22-11-6-4-5-7-12-22/h8-9,13H,3-7,10-12,14H2,1-2H3,(H2,18,19,21). The molecule has 2 heterocycles. The summed E-state index contributed by atoms with van der Waals surface area (Å²) in [6.45, 7) is 6.10. The van der Waals surface area contributed by atoms with E-state index in [2.05, 4.69) is 44.6 Å². The summed E-state index contributed by atoms with van der Waals surface area (Å²) in [7, 11) is 1.80. The molecular weight excluding hydrogens is 274 g/mol. The van der Waals surface area contributed by atoms with Gasteiger partial charge >= 0.3 is 0 Å². The van der Waals surface area contributed by atoms with Crippen LogP contribution in [0.1, 0.15) is 44.6 Å². The molecular formula is C17H29N5. The first kappa shape index (κ1) is 16.6. The first-order valence-corrected chi connectivity index (χ1v) is 8.48. The molecule has 0 amide bonds. The van der Waals surface area contributed by atoms with E-state index < -0.39 is 0 Å². The van der Waals surface area contributed by atoms with Crippen molar-refractivity contribution < 1.29 is 0 Å². The average Bonchev–Trinajstić information content (AvgIpc) is 2.85. The van der Waals surface area contributed by atoms with Gasteiger partial charge in [0.05, 0.1) is 0 Å². The highest BCUT2D eigenvalue weighted by atomic mass is 15.2. The molecule has 0 aliphatic carbocycles. The third-order valence-electron chi connectivity index (χ3n) is 3.97. The number of rotatable bonds is 5. The second kappa shape index (κ2) is 9.28. The molecule has 1 saturated heterocycles. The Hall–Kier alpha value is -1.78. The monoisotopic (exact) mass is 303 g/mol. The Bertz CT molecular complexity index is 447. The maximum atomic E-state index is 4.64. The highest BCUT2D eigenvalue weighted by molar-refractivity contribution is 5.79. The molecule has 2 rings (SSSR count). The van der Waals surface area contributed by atoms with Gasteiger partial charge in [0.25, 0.3) is 0 Å². The fraction of sp³-hybridized carbons (Fsp3) is 0.647. The maximum Gasteiger partial charge on any atom is 0.191 e. The van der Waals surface area contributed by atoms with Gasteiger partial charge in [0.15, 0.2) is 5.96 Å². The summed E-state index contributed by atoms with van der Waals surface area (Å²) in [5, 5.41) is 6.58. The van der Waals surface area contributed by atoms with Crippen molar-refractivity contribution in [3.8, 4) is 0 Å². The van der Waals surface area contributed by atoms with Gasteiger partial charge in [-0.2, -0.15) is 0 Å². The lowest BCUT2D eigenvalue weighted by atomic mass is 10.2. The lowest BCUT2D eigenvalue weighted by Gasteiger charge is -2.21. The number of guanidine groups is 1. The molecule has 5 heteroatoms. The molecule has 2 N–H and O–H groups in total. The van der Waals surface area contributed by atoms with Crippen molar-refractivity contribution >= 4 is 11.8 Å². The molecule has 1 aliphatic heterocycles. The van der Waals surface area contributed by atoms with Crippen LogP contribution in [0.5, 0.6) is 0 Å². The van der Waals surface area contributed by atoms with Crippen LogP contribution in [0, 0.1) is 0 Å². The van der Waals surface area contributed by atoms with Crippen molar-refractivity contribution in [3.63, 3.8) is 0 Å². The molecule has 1 aromatic heterocycles.